The van der Waals surface area contributed by atoms with E-state index in [1.807, 2.05) is 6.07 Å². The molecule has 1 aromatic heterocycles. The highest BCUT2D eigenvalue weighted by Gasteiger charge is 2.37. The Hall–Kier alpha value is -2.70. The molecule has 176 valence electrons. The van der Waals surface area contributed by atoms with E-state index >= 15 is 0 Å². The second-order valence-electron chi connectivity index (χ2n) is 9.24. The zero-order valence-corrected chi connectivity index (χ0v) is 18.5. The molecule has 4 rings (SSSR count). The number of aromatic nitrogens is 1. The lowest BCUT2D eigenvalue weighted by molar-refractivity contribution is -0.138. The number of amides is 1. The van der Waals surface area contributed by atoms with E-state index in [9.17, 15) is 22.8 Å². The lowest BCUT2D eigenvalue weighted by Crippen LogP contribution is -2.36. The molecule has 2 aliphatic carbocycles. The summed E-state index contributed by atoms with van der Waals surface area (Å²) < 4.78 is 39.9. The van der Waals surface area contributed by atoms with Crippen LogP contribution in [-0.2, 0) is 6.18 Å². The average molecular weight is 459 g/mol. The molecular formula is C26H29F3N2O2. The summed E-state index contributed by atoms with van der Waals surface area (Å²) in [6.07, 6.45) is 5.22. The third-order valence-corrected chi connectivity index (χ3v) is 7.03. The fourth-order valence-corrected chi connectivity index (χ4v) is 5.14. The molecular weight excluding hydrogens is 429 g/mol. The van der Waals surface area contributed by atoms with E-state index in [1.165, 1.54) is 24.6 Å². The number of nitrogens with zero attached hydrogens (tertiary/aromatic N) is 1. The molecule has 0 aliphatic heterocycles. The molecule has 0 spiro atoms. The zero-order chi connectivity index (χ0) is 23.4. The van der Waals surface area contributed by atoms with Crippen molar-refractivity contribution in [1.29, 1.82) is 0 Å². The Morgan fingerprint density at radius 1 is 0.879 bits per heavy atom. The van der Waals surface area contributed by atoms with E-state index in [-0.39, 0.29) is 23.4 Å². The molecule has 1 heterocycles. The molecule has 0 radical (unpaired) electrons. The SMILES string of the molecule is O=C(NC1CCCCC1)c1ccc(C2CCC(C(=O)c3ccccc3C(F)(F)F)CC2)cn1. The highest BCUT2D eigenvalue weighted by Crippen LogP contribution is 2.39. The van der Waals surface area contributed by atoms with Crippen molar-refractivity contribution >= 4 is 11.7 Å². The largest absolute Gasteiger partial charge is 0.417 e. The highest BCUT2D eigenvalue weighted by atomic mass is 19.4. The molecule has 33 heavy (non-hydrogen) atoms. The maximum atomic E-state index is 13.3. The van der Waals surface area contributed by atoms with Gasteiger partial charge in [-0.05, 0) is 62.1 Å². The lowest BCUT2D eigenvalue weighted by atomic mass is 9.76. The standard InChI is InChI=1S/C26H29F3N2O2/c27-26(28,29)22-9-5-4-8-21(22)24(32)18-12-10-17(11-13-18)19-14-15-23(30-16-19)25(33)31-20-6-2-1-3-7-20/h4-5,8-9,14-18,20H,1-3,6-7,10-13H2,(H,31,33). The number of carbonyl (C=O) groups excluding carboxylic acids is 2. The molecule has 2 aliphatic rings. The molecule has 7 heteroatoms. The fourth-order valence-electron chi connectivity index (χ4n) is 5.14. The van der Waals surface area contributed by atoms with Gasteiger partial charge in [-0.2, -0.15) is 13.2 Å². The van der Waals surface area contributed by atoms with Crippen LogP contribution in [0.2, 0.25) is 0 Å². The molecule has 2 fully saturated rings. The van der Waals surface area contributed by atoms with Gasteiger partial charge in [-0.1, -0.05) is 43.5 Å². The van der Waals surface area contributed by atoms with Crippen LogP contribution in [0.25, 0.3) is 0 Å². The number of nitrogens with one attached hydrogen (secondary N) is 1. The van der Waals surface area contributed by atoms with Gasteiger partial charge in [0.05, 0.1) is 5.56 Å². The number of benzene rings is 1. The molecule has 2 aromatic rings. The summed E-state index contributed by atoms with van der Waals surface area (Å²) in [4.78, 5) is 29.7. The Morgan fingerprint density at radius 2 is 1.58 bits per heavy atom. The van der Waals surface area contributed by atoms with Crippen LogP contribution in [0.5, 0.6) is 0 Å². The fraction of sp³-hybridized carbons (Fsp3) is 0.500. The second kappa shape index (κ2) is 10.1. The van der Waals surface area contributed by atoms with Gasteiger partial charge in [0.25, 0.3) is 5.91 Å². The summed E-state index contributed by atoms with van der Waals surface area (Å²) >= 11 is 0. The van der Waals surface area contributed by atoms with Gasteiger partial charge in [0.2, 0.25) is 0 Å². The minimum Gasteiger partial charge on any atom is -0.348 e. The summed E-state index contributed by atoms with van der Waals surface area (Å²) in [6, 6.07) is 8.91. The van der Waals surface area contributed by atoms with E-state index in [1.54, 1.807) is 12.3 Å². The van der Waals surface area contributed by atoms with Gasteiger partial charge in [0.15, 0.2) is 5.78 Å². The number of carbonyl (C=O) groups is 2. The molecule has 2 saturated carbocycles. The molecule has 0 bridgehead atoms. The van der Waals surface area contributed by atoms with E-state index < -0.39 is 23.4 Å². The van der Waals surface area contributed by atoms with Gasteiger partial charge in [-0.3, -0.25) is 14.6 Å². The van der Waals surface area contributed by atoms with Crippen LogP contribution >= 0.6 is 0 Å². The number of rotatable bonds is 5. The van der Waals surface area contributed by atoms with Crippen molar-refractivity contribution < 1.29 is 22.8 Å². The Bertz CT molecular complexity index is 974. The molecule has 4 nitrogen and oxygen atoms in total. The molecule has 1 N–H and O–H groups in total. The Balaban J connectivity index is 1.34. The highest BCUT2D eigenvalue weighted by molar-refractivity contribution is 5.99. The normalized spacial score (nSPS) is 22.0. The maximum Gasteiger partial charge on any atom is 0.417 e. The van der Waals surface area contributed by atoms with Gasteiger partial charge in [-0.25, -0.2) is 0 Å². The second-order valence-corrected chi connectivity index (χ2v) is 9.24. The summed E-state index contributed by atoms with van der Waals surface area (Å²) in [6.45, 7) is 0. The number of pyridine rings is 1. The van der Waals surface area contributed by atoms with Crippen LogP contribution in [0.15, 0.2) is 42.6 Å². The summed E-state index contributed by atoms with van der Waals surface area (Å²) in [7, 11) is 0. The van der Waals surface area contributed by atoms with Gasteiger partial charge in [0.1, 0.15) is 5.69 Å². The monoisotopic (exact) mass is 458 g/mol. The Labute approximate surface area is 192 Å². The molecule has 1 amide bonds. The van der Waals surface area contributed by atoms with Gasteiger partial charge >= 0.3 is 6.18 Å². The first-order chi connectivity index (χ1) is 15.8. The molecule has 0 atom stereocenters. The van der Waals surface area contributed by atoms with Crippen LogP contribution < -0.4 is 5.32 Å². The van der Waals surface area contributed by atoms with Crippen LogP contribution in [0, 0.1) is 5.92 Å². The minimum atomic E-state index is -4.54. The first-order valence-corrected chi connectivity index (χ1v) is 11.8. The number of halogens is 3. The lowest BCUT2D eigenvalue weighted by Gasteiger charge is -2.28. The van der Waals surface area contributed by atoms with Crippen molar-refractivity contribution in [1.82, 2.24) is 10.3 Å². The van der Waals surface area contributed by atoms with Crippen molar-refractivity contribution in [3.05, 3.63) is 65.0 Å². The van der Waals surface area contributed by atoms with Crippen LogP contribution in [0.1, 0.15) is 95.7 Å². The topological polar surface area (TPSA) is 59.1 Å². The number of hydrogen-bond donors (Lipinski definition) is 1. The van der Waals surface area contributed by atoms with Gasteiger partial charge < -0.3 is 5.32 Å². The molecule has 0 saturated heterocycles. The van der Waals surface area contributed by atoms with Crippen LogP contribution in [-0.4, -0.2) is 22.7 Å². The Kier molecular flexibility index (Phi) is 7.15. The van der Waals surface area contributed by atoms with Crippen molar-refractivity contribution in [3.63, 3.8) is 0 Å². The van der Waals surface area contributed by atoms with E-state index in [4.69, 9.17) is 0 Å². The average Bonchev–Trinajstić information content (AvgIpc) is 2.84. The quantitative estimate of drug-likeness (QED) is 0.534. The summed E-state index contributed by atoms with van der Waals surface area (Å²) in [5.41, 5.74) is 0.314. The summed E-state index contributed by atoms with van der Waals surface area (Å²) in [5.74, 6) is -0.784. The van der Waals surface area contributed by atoms with Crippen LogP contribution in [0.4, 0.5) is 13.2 Å². The first kappa shape index (κ1) is 23.5. The maximum absolute atomic E-state index is 13.3. The minimum absolute atomic E-state index is 0.147. The van der Waals surface area contributed by atoms with Crippen molar-refractivity contribution in [2.24, 2.45) is 5.92 Å². The zero-order valence-electron chi connectivity index (χ0n) is 18.5. The summed E-state index contributed by atoms with van der Waals surface area (Å²) in [5, 5.41) is 3.06. The molecule has 1 aromatic carbocycles. The predicted octanol–water partition coefficient (Wildman–Crippen LogP) is 6.32. The van der Waals surface area contributed by atoms with Crippen LogP contribution in [0.3, 0.4) is 0 Å². The number of Topliss-reactive ketones (excluding diaryl/α,β-unsaturated/α-hetero) is 1. The number of alkyl halides is 3. The van der Waals surface area contributed by atoms with Crippen molar-refractivity contribution in [2.45, 2.75) is 75.9 Å². The Morgan fingerprint density at radius 3 is 2.21 bits per heavy atom. The third kappa shape index (κ3) is 5.63. The smallest absolute Gasteiger partial charge is 0.348 e. The number of ketones is 1. The van der Waals surface area contributed by atoms with Gasteiger partial charge in [-0.15, -0.1) is 0 Å². The van der Waals surface area contributed by atoms with Gasteiger partial charge in [0, 0.05) is 23.7 Å². The van der Waals surface area contributed by atoms with Crippen molar-refractivity contribution in [3.8, 4) is 0 Å². The number of hydrogen-bond acceptors (Lipinski definition) is 3. The first-order valence-electron chi connectivity index (χ1n) is 11.8. The van der Waals surface area contributed by atoms with E-state index in [0.717, 1.165) is 37.3 Å². The molecule has 0 unspecified atom stereocenters. The third-order valence-electron chi connectivity index (χ3n) is 7.03. The van der Waals surface area contributed by atoms with E-state index in [2.05, 4.69) is 10.3 Å². The van der Waals surface area contributed by atoms with E-state index in [0.29, 0.717) is 31.4 Å². The predicted molar refractivity (Wildman–Crippen MR) is 119 cm³/mol. The van der Waals surface area contributed by atoms with Crippen molar-refractivity contribution in [2.75, 3.05) is 0 Å².